The van der Waals surface area contributed by atoms with Crippen molar-refractivity contribution >= 4 is 51.0 Å². The summed E-state index contributed by atoms with van der Waals surface area (Å²) in [6, 6.07) is 9.44. The Hall–Kier alpha value is -2.75. The van der Waals surface area contributed by atoms with Gasteiger partial charge in [-0.05, 0) is 61.8 Å². The number of benzene rings is 2. The molecule has 8 nitrogen and oxygen atoms in total. The first-order valence-corrected chi connectivity index (χ1v) is 12.6. The third kappa shape index (κ3) is 4.12. The Morgan fingerprint density at radius 2 is 1.41 bits per heavy atom. The number of fused-ring (bicyclic) bond motifs is 1. The molecule has 1 aliphatic heterocycles. The van der Waals surface area contributed by atoms with Gasteiger partial charge in [0.1, 0.15) is 10.0 Å². The molecular weight excluding hydrogens is 499 g/mol. The second kappa shape index (κ2) is 9.13. The molecule has 1 aliphatic carbocycles. The van der Waals surface area contributed by atoms with E-state index in [1.165, 1.54) is 17.0 Å². The SMILES string of the molecule is O=[N+]([O-])c1cc(C2CC[C@H](c3ccc(Cl)c([N+](=O)[O-])c3)N2c2nc3c(s2)CCCC3)ccc1Cl. The maximum atomic E-state index is 11.5. The fourth-order valence-electron chi connectivity index (χ4n) is 4.93. The molecule has 1 saturated heterocycles. The zero-order valence-corrected chi connectivity index (χ0v) is 20.3. The van der Waals surface area contributed by atoms with E-state index in [0.29, 0.717) is 12.8 Å². The molecule has 2 heterocycles. The van der Waals surface area contributed by atoms with Gasteiger partial charge in [-0.15, -0.1) is 11.3 Å². The van der Waals surface area contributed by atoms with Gasteiger partial charge in [-0.3, -0.25) is 20.2 Å². The van der Waals surface area contributed by atoms with Gasteiger partial charge in [0.05, 0.1) is 27.6 Å². The number of nitrogens with zero attached hydrogens (tertiary/aromatic N) is 4. The van der Waals surface area contributed by atoms with Gasteiger partial charge < -0.3 is 4.90 Å². The summed E-state index contributed by atoms with van der Waals surface area (Å²) in [5, 5.41) is 24.0. The quantitative estimate of drug-likeness (QED) is 0.260. The molecule has 2 aliphatic rings. The van der Waals surface area contributed by atoms with Crippen LogP contribution in [0.1, 0.15) is 59.5 Å². The molecule has 34 heavy (non-hydrogen) atoms. The van der Waals surface area contributed by atoms with Crippen LogP contribution >= 0.6 is 34.5 Å². The molecule has 2 atom stereocenters. The van der Waals surface area contributed by atoms with Crippen LogP contribution in [0.2, 0.25) is 10.0 Å². The topological polar surface area (TPSA) is 102 Å². The first kappa shape index (κ1) is 23.0. The molecule has 3 aromatic rings. The van der Waals surface area contributed by atoms with Crippen molar-refractivity contribution in [2.24, 2.45) is 0 Å². The van der Waals surface area contributed by atoms with Gasteiger partial charge in [-0.2, -0.15) is 0 Å². The molecule has 1 aromatic heterocycles. The van der Waals surface area contributed by atoms with Crippen LogP contribution in [0, 0.1) is 20.2 Å². The summed E-state index contributed by atoms with van der Waals surface area (Å²) in [4.78, 5) is 30.5. The summed E-state index contributed by atoms with van der Waals surface area (Å²) in [5.41, 5.74) is 2.39. The number of thiazole rings is 1. The van der Waals surface area contributed by atoms with Gasteiger partial charge in [0, 0.05) is 17.0 Å². The maximum Gasteiger partial charge on any atom is 0.288 e. The van der Waals surface area contributed by atoms with Crippen LogP contribution in [-0.2, 0) is 12.8 Å². The average molecular weight is 519 g/mol. The van der Waals surface area contributed by atoms with Crippen LogP contribution in [0.4, 0.5) is 16.5 Å². The molecule has 11 heteroatoms. The van der Waals surface area contributed by atoms with E-state index in [-0.39, 0.29) is 33.5 Å². The van der Waals surface area contributed by atoms with E-state index in [0.717, 1.165) is 47.6 Å². The van der Waals surface area contributed by atoms with Crippen LogP contribution < -0.4 is 4.90 Å². The predicted molar refractivity (Wildman–Crippen MR) is 132 cm³/mol. The summed E-state index contributed by atoms with van der Waals surface area (Å²) in [6.07, 6.45) is 5.60. The Labute approximate surface area is 209 Å². The van der Waals surface area contributed by atoms with E-state index in [1.54, 1.807) is 23.5 Å². The second-order valence-corrected chi connectivity index (χ2v) is 10.4. The highest BCUT2D eigenvalue weighted by Gasteiger charge is 2.39. The number of hydrogen-bond acceptors (Lipinski definition) is 7. The number of hydrogen-bond donors (Lipinski definition) is 0. The molecule has 0 saturated carbocycles. The summed E-state index contributed by atoms with van der Waals surface area (Å²) in [5.74, 6) is 0. The second-order valence-electron chi connectivity index (χ2n) is 8.53. The Morgan fingerprint density at radius 3 is 1.91 bits per heavy atom. The molecule has 0 N–H and O–H groups in total. The molecule has 1 unspecified atom stereocenters. The van der Waals surface area contributed by atoms with Crippen molar-refractivity contribution in [3.8, 4) is 0 Å². The molecule has 0 bridgehead atoms. The highest BCUT2D eigenvalue weighted by molar-refractivity contribution is 7.15. The summed E-state index contributed by atoms with van der Waals surface area (Å²) in [6.45, 7) is 0. The minimum atomic E-state index is -0.479. The van der Waals surface area contributed by atoms with E-state index >= 15 is 0 Å². The number of aromatic nitrogens is 1. The van der Waals surface area contributed by atoms with Crippen LogP contribution in [0.3, 0.4) is 0 Å². The van der Waals surface area contributed by atoms with Gasteiger partial charge in [-0.1, -0.05) is 35.3 Å². The highest BCUT2D eigenvalue weighted by Crippen LogP contribution is 2.50. The number of rotatable bonds is 5. The van der Waals surface area contributed by atoms with Crippen LogP contribution in [0.5, 0.6) is 0 Å². The minimum Gasteiger partial charge on any atom is -0.334 e. The van der Waals surface area contributed by atoms with Crippen molar-refractivity contribution in [1.82, 2.24) is 4.98 Å². The zero-order chi connectivity index (χ0) is 24.0. The number of nitro benzene ring substituents is 2. The molecular formula is C23H20Cl2N4O4S. The average Bonchev–Trinajstić information content (AvgIpc) is 3.43. The standard InChI is InChI=1S/C23H20Cl2N4O4S/c24-15-7-5-13(11-20(15)28(30)31)18-9-10-19(14-6-8-16(25)21(12-14)29(32)33)27(18)23-26-17-3-1-2-4-22(17)34-23/h5-8,11-12,18-19H,1-4,9-10H2/t18-,19?/m1/s1. The Balaban J connectivity index is 1.61. The van der Waals surface area contributed by atoms with Crippen molar-refractivity contribution in [3.63, 3.8) is 0 Å². The Bertz CT molecular complexity index is 1200. The van der Waals surface area contributed by atoms with Crippen molar-refractivity contribution < 1.29 is 9.85 Å². The van der Waals surface area contributed by atoms with Crippen LogP contribution in [0.15, 0.2) is 36.4 Å². The highest BCUT2D eigenvalue weighted by atomic mass is 35.5. The molecule has 2 aromatic carbocycles. The van der Waals surface area contributed by atoms with Crippen LogP contribution in [-0.4, -0.2) is 14.8 Å². The van der Waals surface area contributed by atoms with E-state index in [2.05, 4.69) is 4.90 Å². The Morgan fingerprint density at radius 1 is 0.882 bits per heavy atom. The lowest BCUT2D eigenvalue weighted by Gasteiger charge is -2.30. The van der Waals surface area contributed by atoms with Crippen molar-refractivity contribution in [1.29, 1.82) is 0 Å². The smallest absolute Gasteiger partial charge is 0.288 e. The number of aryl methyl sites for hydroxylation is 2. The van der Waals surface area contributed by atoms with Crippen molar-refractivity contribution in [3.05, 3.63) is 88.4 Å². The van der Waals surface area contributed by atoms with E-state index in [9.17, 15) is 20.2 Å². The van der Waals surface area contributed by atoms with Gasteiger partial charge in [0.25, 0.3) is 11.4 Å². The molecule has 0 radical (unpaired) electrons. The predicted octanol–water partition coefficient (Wildman–Crippen LogP) is 7.23. The lowest BCUT2D eigenvalue weighted by molar-refractivity contribution is -0.384. The number of anilines is 1. The molecule has 0 amide bonds. The third-order valence-corrected chi connectivity index (χ3v) is 8.35. The summed E-state index contributed by atoms with van der Waals surface area (Å²) < 4.78 is 0. The Kier molecular flexibility index (Phi) is 6.18. The molecule has 1 fully saturated rings. The first-order valence-electron chi connectivity index (χ1n) is 11.0. The monoisotopic (exact) mass is 518 g/mol. The van der Waals surface area contributed by atoms with Gasteiger partial charge in [0.2, 0.25) is 0 Å². The van der Waals surface area contributed by atoms with Gasteiger partial charge in [-0.25, -0.2) is 4.98 Å². The summed E-state index contributed by atoms with van der Waals surface area (Å²) in [7, 11) is 0. The van der Waals surface area contributed by atoms with E-state index < -0.39 is 9.85 Å². The maximum absolute atomic E-state index is 11.5. The zero-order valence-electron chi connectivity index (χ0n) is 17.9. The van der Waals surface area contributed by atoms with Crippen LogP contribution in [0.25, 0.3) is 0 Å². The lowest BCUT2D eigenvalue weighted by Crippen LogP contribution is -2.26. The van der Waals surface area contributed by atoms with E-state index in [1.807, 2.05) is 12.1 Å². The minimum absolute atomic E-state index is 0.0906. The number of halogens is 2. The fraction of sp³-hybridized carbons (Fsp3) is 0.348. The molecule has 5 rings (SSSR count). The van der Waals surface area contributed by atoms with Crippen molar-refractivity contribution in [2.45, 2.75) is 50.6 Å². The van der Waals surface area contributed by atoms with E-state index in [4.69, 9.17) is 28.2 Å². The van der Waals surface area contributed by atoms with Crippen molar-refractivity contribution in [2.75, 3.05) is 4.90 Å². The lowest BCUT2D eigenvalue weighted by atomic mass is 10.0. The largest absolute Gasteiger partial charge is 0.334 e. The van der Waals surface area contributed by atoms with Gasteiger partial charge >= 0.3 is 0 Å². The third-order valence-electron chi connectivity index (χ3n) is 6.54. The van der Waals surface area contributed by atoms with Gasteiger partial charge in [0.15, 0.2) is 5.13 Å². The number of nitro groups is 2. The first-order chi connectivity index (χ1) is 16.3. The fourth-order valence-corrected chi connectivity index (χ4v) is 6.56. The molecule has 0 spiro atoms. The summed E-state index contributed by atoms with van der Waals surface area (Å²) >= 11 is 13.8. The normalized spacial score (nSPS) is 19.8. The molecule has 176 valence electrons.